The predicted octanol–water partition coefficient (Wildman–Crippen LogP) is 6.09. The fourth-order valence-electron chi connectivity index (χ4n) is 7.02. The number of hydrogen-bond donors (Lipinski definition) is 2. The molecule has 2 aliphatic rings. The first kappa shape index (κ1) is 34.5. The van der Waals surface area contributed by atoms with Gasteiger partial charge >= 0.3 is 0 Å². The van der Waals surface area contributed by atoms with Crippen LogP contribution in [0.1, 0.15) is 61.4 Å². The highest BCUT2D eigenvalue weighted by atomic mass is 35.5. The molecule has 2 heterocycles. The summed E-state index contributed by atoms with van der Waals surface area (Å²) in [5.41, 5.74) is 4.58. The topological polar surface area (TPSA) is 50.9 Å². The molecule has 3 aromatic rings. The van der Waals surface area contributed by atoms with E-state index >= 15 is 4.39 Å². The third kappa shape index (κ3) is 9.39. The summed E-state index contributed by atoms with van der Waals surface area (Å²) in [5.74, 6) is -0.00611. The molecule has 2 N–H and O–H groups in total. The Morgan fingerprint density at radius 3 is 2.37 bits per heavy atom. The first-order chi connectivity index (χ1) is 22.4. The van der Waals surface area contributed by atoms with Crippen LogP contribution in [-0.4, -0.2) is 85.0 Å². The highest BCUT2D eigenvalue weighted by Gasteiger charge is 2.32. The predicted molar refractivity (Wildman–Crippen MR) is 187 cm³/mol. The zero-order chi connectivity index (χ0) is 32.3. The second-order valence-corrected chi connectivity index (χ2v) is 13.2. The Bertz CT molecular complexity index is 1380. The highest BCUT2D eigenvalue weighted by Crippen LogP contribution is 2.30. The summed E-state index contributed by atoms with van der Waals surface area (Å²) >= 11 is 6.17. The van der Waals surface area contributed by atoms with Crippen molar-refractivity contribution < 1.29 is 9.18 Å². The Kier molecular flexibility index (Phi) is 13.0. The fraction of sp³-hybridized carbons (Fsp3) is 0.500. The van der Waals surface area contributed by atoms with Gasteiger partial charge in [-0.2, -0.15) is 0 Å². The van der Waals surface area contributed by atoms with E-state index < -0.39 is 0 Å². The fourth-order valence-corrected chi connectivity index (χ4v) is 7.15. The molecule has 0 aliphatic carbocycles. The number of nitrogens with zero attached hydrogens (tertiary/aromatic N) is 3. The number of carbonyl (C=O) groups is 1. The summed E-state index contributed by atoms with van der Waals surface area (Å²) in [6.45, 7) is 11.9. The van der Waals surface area contributed by atoms with E-state index in [-0.39, 0.29) is 29.8 Å². The molecule has 248 valence electrons. The van der Waals surface area contributed by atoms with Crippen LogP contribution in [0.3, 0.4) is 0 Å². The van der Waals surface area contributed by atoms with Crippen LogP contribution < -0.4 is 10.6 Å². The maximum absolute atomic E-state index is 15.1. The largest absolute Gasteiger partial charge is 0.339 e. The summed E-state index contributed by atoms with van der Waals surface area (Å²) in [6.07, 6.45) is 4.60. The van der Waals surface area contributed by atoms with Crippen LogP contribution in [0, 0.1) is 5.82 Å². The number of fused-ring (bicyclic) bond motifs is 1. The van der Waals surface area contributed by atoms with E-state index in [0.29, 0.717) is 31.1 Å². The maximum Gasteiger partial charge on any atom is 0.240 e. The van der Waals surface area contributed by atoms with E-state index in [0.717, 1.165) is 76.1 Å². The van der Waals surface area contributed by atoms with E-state index in [1.807, 2.05) is 41.3 Å². The number of carbonyl (C=O) groups excluding carboxylic acids is 1. The van der Waals surface area contributed by atoms with E-state index in [4.69, 9.17) is 11.6 Å². The van der Waals surface area contributed by atoms with Gasteiger partial charge in [-0.05, 0) is 80.2 Å². The second-order valence-electron chi connectivity index (χ2n) is 12.8. The quantitative estimate of drug-likeness (QED) is 0.196. The van der Waals surface area contributed by atoms with Crippen molar-refractivity contribution in [3.05, 3.63) is 106 Å². The second kappa shape index (κ2) is 17.4. The van der Waals surface area contributed by atoms with E-state index in [1.54, 1.807) is 12.1 Å². The van der Waals surface area contributed by atoms with Gasteiger partial charge in [0.05, 0.1) is 6.04 Å². The number of nitrogens with one attached hydrogen (secondary N) is 2. The highest BCUT2D eigenvalue weighted by molar-refractivity contribution is 6.30. The lowest BCUT2D eigenvalue weighted by atomic mass is 9.95. The molecule has 0 bridgehead atoms. The normalized spacial score (nSPS) is 18.4. The van der Waals surface area contributed by atoms with Gasteiger partial charge in [-0.3, -0.25) is 9.69 Å². The molecule has 46 heavy (non-hydrogen) atoms. The van der Waals surface area contributed by atoms with Crippen LogP contribution >= 0.6 is 11.6 Å². The molecule has 6 nitrogen and oxygen atoms in total. The zero-order valence-corrected chi connectivity index (χ0v) is 28.3. The van der Waals surface area contributed by atoms with Gasteiger partial charge in [0.25, 0.3) is 0 Å². The van der Waals surface area contributed by atoms with Crippen LogP contribution in [-0.2, 0) is 24.2 Å². The molecule has 3 aromatic carbocycles. The lowest BCUT2D eigenvalue weighted by Gasteiger charge is -2.41. The number of piperazine rings is 1. The molecular formula is C38H51ClFN5O. The molecule has 8 heteroatoms. The molecule has 0 spiro atoms. The number of amides is 1. The molecule has 0 radical (unpaired) electrons. The van der Waals surface area contributed by atoms with Gasteiger partial charge < -0.3 is 20.4 Å². The molecule has 1 saturated heterocycles. The standard InChI is InChI=1S/C38H51ClFN5O/c1-3-43(4-2)20-10-9-15-37(34-13-7-8-14-35(34)40)44-21-23-45(24-22-44)38(46)36(25-29-16-18-32(39)19-17-29)42-28-33-26-30-11-5-6-12-31(30)27-41-33/h5-8,11-14,16-19,33,36-37,41-42H,3-4,9-10,15,20-28H2,1-2H3/t33-,36-,37?/m1/s1. The number of rotatable bonds is 15. The van der Waals surface area contributed by atoms with Crippen molar-refractivity contribution in [2.45, 2.75) is 70.6 Å². The van der Waals surface area contributed by atoms with Gasteiger partial charge in [0, 0.05) is 61.9 Å². The number of unbranched alkanes of at least 4 members (excludes halogenated alkanes) is 1. The first-order valence-electron chi connectivity index (χ1n) is 17.2. The van der Waals surface area contributed by atoms with Gasteiger partial charge in [0.1, 0.15) is 5.82 Å². The summed E-state index contributed by atoms with van der Waals surface area (Å²) < 4.78 is 15.1. The van der Waals surface area contributed by atoms with Crippen LogP contribution in [0.5, 0.6) is 0 Å². The number of hydrogen-bond acceptors (Lipinski definition) is 5. The summed E-state index contributed by atoms with van der Waals surface area (Å²) in [7, 11) is 0. The number of halogens is 2. The van der Waals surface area contributed by atoms with E-state index in [9.17, 15) is 4.79 Å². The minimum Gasteiger partial charge on any atom is -0.339 e. The van der Waals surface area contributed by atoms with Crippen molar-refractivity contribution in [2.24, 2.45) is 0 Å². The zero-order valence-electron chi connectivity index (χ0n) is 27.6. The van der Waals surface area contributed by atoms with Crippen molar-refractivity contribution in [1.29, 1.82) is 0 Å². The third-order valence-electron chi connectivity index (χ3n) is 9.85. The Labute approximate surface area is 280 Å². The smallest absolute Gasteiger partial charge is 0.240 e. The van der Waals surface area contributed by atoms with Crippen molar-refractivity contribution in [3.8, 4) is 0 Å². The Morgan fingerprint density at radius 1 is 0.957 bits per heavy atom. The molecule has 1 unspecified atom stereocenters. The van der Waals surface area contributed by atoms with Crippen LogP contribution in [0.2, 0.25) is 5.02 Å². The lowest BCUT2D eigenvalue weighted by molar-refractivity contribution is -0.135. The minimum atomic E-state index is -0.339. The molecular weight excluding hydrogens is 597 g/mol. The lowest BCUT2D eigenvalue weighted by Crippen LogP contribution is -2.56. The average Bonchev–Trinajstić information content (AvgIpc) is 3.09. The van der Waals surface area contributed by atoms with Crippen molar-refractivity contribution >= 4 is 17.5 Å². The summed E-state index contributed by atoms with van der Waals surface area (Å²) in [4.78, 5) is 21.0. The van der Waals surface area contributed by atoms with Crippen molar-refractivity contribution in [1.82, 2.24) is 25.3 Å². The van der Waals surface area contributed by atoms with Gasteiger partial charge in [0.15, 0.2) is 0 Å². The molecule has 1 amide bonds. The Balaban J connectivity index is 1.22. The first-order valence-corrected chi connectivity index (χ1v) is 17.6. The van der Waals surface area contributed by atoms with Gasteiger partial charge in [0.2, 0.25) is 5.91 Å². The van der Waals surface area contributed by atoms with E-state index in [1.165, 1.54) is 11.1 Å². The molecule has 1 fully saturated rings. The molecule has 2 aliphatic heterocycles. The van der Waals surface area contributed by atoms with Crippen molar-refractivity contribution in [3.63, 3.8) is 0 Å². The van der Waals surface area contributed by atoms with Crippen LogP contribution in [0.25, 0.3) is 0 Å². The van der Waals surface area contributed by atoms with Crippen LogP contribution in [0.15, 0.2) is 72.8 Å². The Hall–Kier alpha value is -2.81. The van der Waals surface area contributed by atoms with Crippen molar-refractivity contribution in [2.75, 3.05) is 52.4 Å². The molecule has 3 atom stereocenters. The molecule has 5 rings (SSSR count). The number of benzene rings is 3. The maximum atomic E-state index is 15.1. The Morgan fingerprint density at radius 2 is 1.65 bits per heavy atom. The molecule has 0 aromatic heterocycles. The van der Waals surface area contributed by atoms with Gasteiger partial charge in [-0.25, -0.2) is 4.39 Å². The van der Waals surface area contributed by atoms with Gasteiger partial charge in [-0.1, -0.05) is 86.5 Å². The third-order valence-corrected chi connectivity index (χ3v) is 10.1. The SMILES string of the molecule is CCN(CC)CCCCC(c1ccccc1F)N1CCN(C(=O)[C@@H](Cc2ccc(Cl)cc2)NC[C@H]2Cc3ccccc3CN2)CC1. The summed E-state index contributed by atoms with van der Waals surface area (Å²) in [6, 6.07) is 23.5. The van der Waals surface area contributed by atoms with Crippen LogP contribution in [0.4, 0.5) is 4.39 Å². The van der Waals surface area contributed by atoms with E-state index in [2.05, 4.69) is 58.5 Å². The van der Waals surface area contributed by atoms with Gasteiger partial charge in [-0.15, -0.1) is 0 Å². The summed E-state index contributed by atoms with van der Waals surface area (Å²) in [5, 5.41) is 7.99. The minimum absolute atomic E-state index is 0.0124. The molecule has 0 saturated carbocycles. The average molecular weight is 648 g/mol. The monoisotopic (exact) mass is 647 g/mol.